The van der Waals surface area contributed by atoms with Gasteiger partial charge in [-0.25, -0.2) is 4.39 Å². The Morgan fingerprint density at radius 3 is 2.67 bits per heavy atom. The van der Waals surface area contributed by atoms with Crippen LogP contribution < -0.4 is 5.32 Å². The quantitative estimate of drug-likeness (QED) is 0.846. The lowest BCUT2D eigenvalue weighted by atomic mass is 9.94. The fourth-order valence-electron chi connectivity index (χ4n) is 1.80. The Labute approximate surface area is 107 Å². The highest BCUT2D eigenvalue weighted by Gasteiger charge is 2.24. The molecule has 0 aliphatic rings. The molecule has 0 aliphatic carbocycles. The van der Waals surface area contributed by atoms with Gasteiger partial charge in [0.1, 0.15) is 5.82 Å². The molecule has 0 unspecified atom stereocenters. The van der Waals surface area contributed by atoms with Crippen molar-refractivity contribution in [3.8, 4) is 0 Å². The van der Waals surface area contributed by atoms with Crippen LogP contribution in [0, 0.1) is 12.7 Å². The number of hydrogen-bond donors (Lipinski definition) is 2. The number of aliphatic hydroxyl groups excluding tert-OH is 1. The fourth-order valence-corrected chi connectivity index (χ4v) is 1.80. The summed E-state index contributed by atoms with van der Waals surface area (Å²) in [5.41, 5.74) is 0.635. The van der Waals surface area contributed by atoms with Crippen molar-refractivity contribution in [1.82, 2.24) is 5.32 Å². The second-order valence-corrected chi connectivity index (χ2v) is 4.80. The Hall–Kier alpha value is -1.42. The number of carbonyl (C=O) groups is 1. The summed E-state index contributed by atoms with van der Waals surface area (Å²) in [6.45, 7) is 5.56. The number of amides is 1. The number of aryl methyl sites for hydroxylation is 1. The molecule has 0 aromatic heterocycles. The number of nitrogens with one attached hydrogen (secondary N) is 1. The minimum atomic E-state index is -0.438. The van der Waals surface area contributed by atoms with E-state index in [-0.39, 0.29) is 18.3 Å². The van der Waals surface area contributed by atoms with Gasteiger partial charge in [0.15, 0.2) is 0 Å². The Kier molecular flexibility index (Phi) is 4.84. The molecule has 0 heterocycles. The van der Waals surface area contributed by atoms with Crippen LogP contribution >= 0.6 is 0 Å². The smallest absolute Gasteiger partial charge is 0.251 e. The lowest BCUT2D eigenvalue weighted by Crippen LogP contribution is -2.46. The molecular formula is C14H20FNO2. The summed E-state index contributed by atoms with van der Waals surface area (Å²) in [5, 5.41) is 11.9. The minimum absolute atomic E-state index is 0.0209. The maximum absolute atomic E-state index is 13.0. The van der Waals surface area contributed by atoms with Crippen LogP contribution in [0.2, 0.25) is 0 Å². The molecule has 0 saturated heterocycles. The van der Waals surface area contributed by atoms with Crippen LogP contribution in [-0.2, 0) is 0 Å². The molecule has 0 saturated carbocycles. The SMILES string of the molecule is CC[C@](C)(CCO)NC(=O)c1ccc(F)cc1C. The van der Waals surface area contributed by atoms with Crippen LogP contribution in [0.1, 0.15) is 42.6 Å². The molecule has 0 bridgehead atoms. The minimum Gasteiger partial charge on any atom is -0.396 e. The average molecular weight is 253 g/mol. The summed E-state index contributed by atoms with van der Waals surface area (Å²) in [6, 6.07) is 4.09. The van der Waals surface area contributed by atoms with E-state index in [2.05, 4.69) is 5.32 Å². The van der Waals surface area contributed by atoms with Crippen molar-refractivity contribution in [2.45, 2.75) is 39.2 Å². The predicted octanol–water partition coefficient (Wildman–Crippen LogP) is 2.42. The van der Waals surface area contributed by atoms with Crippen molar-refractivity contribution in [2.75, 3.05) is 6.61 Å². The number of benzene rings is 1. The van der Waals surface area contributed by atoms with Crippen LogP contribution in [0.5, 0.6) is 0 Å². The molecule has 1 aromatic carbocycles. The molecule has 3 nitrogen and oxygen atoms in total. The van der Waals surface area contributed by atoms with Crippen molar-refractivity contribution >= 4 is 5.91 Å². The van der Waals surface area contributed by atoms with E-state index in [9.17, 15) is 9.18 Å². The van der Waals surface area contributed by atoms with E-state index in [4.69, 9.17) is 5.11 Å². The highest BCUT2D eigenvalue weighted by Crippen LogP contribution is 2.16. The topological polar surface area (TPSA) is 49.3 Å². The van der Waals surface area contributed by atoms with Gasteiger partial charge in [0.25, 0.3) is 5.91 Å². The molecule has 0 fully saturated rings. The maximum atomic E-state index is 13.0. The first-order valence-corrected chi connectivity index (χ1v) is 6.11. The Balaban J connectivity index is 2.87. The summed E-state index contributed by atoms with van der Waals surface area (Å²) in [5.74, 6) is -0.581. The molecule has 0 spiro atoms. The molecule has 100 valence electrons. The number of rotatable bonds is 5. The van der Waals surface area contributed by atoms with Crippen molar-refractivity contribution in [1.29, 1.82) is 0 Å². The Morgan fingerprint density at radius 1 is 1.50 bits per heavy atom. The third kappa shape index (κ3) is 3.53. The third-order valence-electron chi connectivity index (χ3n) is 3.29. The molecule has 1 atom stereocenters. The van der Waals surface area contributed by atoms with Gasteiger partial charge in [-0.1, -0.05) is 6.92 Å². The lowest BCUT2D eigenvalue weighted by molar-refractivity contribution is 0.0885. The number of aliphatic hydroxyl groups is 1. The zero-order valence-electron chi connectivity index (χ0n) is 11.1. The molecule has 1 rings (SSSR count). The number of hydrogen-bond acceptors (Lipinski definition) is 2. The zero-order valence-corrected chi connectivity index (χ0v) is 11.1. The molecule has 2 N–H and O–H groups in total. The third-order valence-corrected chi connectivity index (χ3v) is 3.29. The summed E-state index contributed by atoms with van der Waals surface area (Å²) in [7, 11) is 0. The van der Waals surface area contributed by atoms with Gasteiger partial charge in [0, 0.05) is 17.7 Å². The number of carbonyl (C=O) groups excluding carboxylic acids is 1. The summed E-state index contributed by atoms with van der Waals surface area (Å²) in [6.07, 6.45) is 1.22. The van der Waals surface area contributed by atoms with E-state index < -0.39 is 5.54 Å². The first-order valence-electron chi connectivity index (χ1n) is 6.11. The molecule has 0 aliphatic heterocycles. The van der Waals surface area contributed by atoms with Crippen molar-refractivity contribution in [2.24, 2.45) is 0 Å². The van der Waals surface area contributed by atoms with E-state index in [1.807, 2.05) is 13.8 Å². The monoisotopic (exact) mass is 253 g/mol. The summed E-state index contributed by atoms with van der Waals surface area (Å²) >= 11 is 0. The highest BCUT2D eigenvalue weighted by molar-refractivity contribution is 5.96. The van der Waals surface area contributed by atoms with Crippen LogP contribution in [0.15, 0.2) is 18.2 Å². The van der Waals surface area contributed by atoms with E-state index >= 15 is 0 Å². The Morgan fingerprint density at radius 2 is 2.17 bits per heavy atom. The van der Waals surface area contributed by atoms with E-state index in [1.165, 1.54) is 18.2 Å². The first-order chi connectivity index (χ1) is 8.41. The van der Waals surface area contributed by atoms with E-state index in [0.717, 1.165) is 6.42 Å². The molecule has 4 heteroatoms. The van der Waals surface area contributed by atoms with Gasteiger partial charge in [-0.05, 0) is 50.5 Å². The normalized spacial score (nSPS) is 14.1. The largest absolute Gasteiger partial charge is 0.396 e. The molecule has 1 aromatic rings. The maximum Gasteiger partial charge on any atom is 0.251 e. The predicted molar refractivity (Wildman–Crippen MR) is 69.0 cm³/mol. The second kappa shape index (κ2) is 5.96. The van der Waals surface area contributed by atoms with Crippen LogP contribution in [0.3, 0.4) is 0 Å². The Bertz CT molecular complexity index is 434. The fraction of sp³-hybridized carbons (Fsp3) is 0.500. The van der Waals surface area contributed by atoms with E-state index in [0.29, 0.717) is 17.5 Å². The first kappa shape index (κ1) is 14.6. The standard InChI is InChI=1S/C14H20FNO2/c1-4-14(3,7-8-17)16-13(18)12-6-5-11(15)9-10(12)2/h5-6,9,17H,4,7-8H2,1-3H3,(H,16,18)/t14-/m1/s1. The lowest BCUT2D eigenvalue weighted by Gasteiger charge is -2.29. The van der Waals surface area contributed by atoms with Gasteiger partial charge in [0.2, 0.25) is 0 Å². The van der Waals surface area contributed by atoms with Crippen molar-refractivity contribution in [3.63, 3.8) is 0 Å². The van der Waals surface area contributed by atoms with E-state index in [1.54, 1.807) is 6.92 Å². The van der Waals surface area contributed by atoms with Gasteiger partial charge < -0.3 is 10.4 Å². The molecule has 0 radical (unpaired) electrons. The molecule has 18 heavy (non-hydrogen) atoms. The van der Waals surface area contributed by atoms with Crippen LogP contribution in [0.25, 0.3) is 0 Å². The van der Waals surface area contributed by atoms with Gasteiger partial charge in [-0.15, -0.1) is 0 Å². The van der Waals surface area contributed by atoms with Crippen molar-refractivity contribution < 1.29 is 14.3 Å². The average Bonchev–Trinajstić information content (AvgIpc) is 2.28. The van der Waals surface area contributed by atoms with Crippen molar-refractivity contribution in [3.05, 3.63) is 35.1 Å². The van der Waals surface area contributed by atoms with Crippen LogP contribution in [0.4, 0.5) is 4.39 Å². The van der Waals surface area contributed by atoms with Gasteiger partial charge in [0.05, 0.1) is 0 Å². The zero-order chi connectivity index (χ0) is 13.8. The molecule has 1 amide bonds. The highest BCUT2D eigenvalue weighted by atomic mass is 19.1. The van der Waals surface area contributed by atoms with Gasteiger partial charge >= 0.3 is 0 Å². The van der Waals surface area contributed by atoms with Gasteiger partial charge in [-0.2, -0.15) is 0 Å². The second-order valence-electron chi connectivity index (χ2n) is 4.80. The van der Waals surface area contributed by atoms with Gasteiger partial charge in [-0.3, -0.25) is 4.79 Å². The van der Waals surface area contributed by atoms with Crippen LogP contribution in [-0.4, -0.2) is 23.2 Å². The molecular weight excluding hydrogens is 233 g/mol. The summed E-state index contributed by atoms with van der Waals surface area (Å²) in [4.78, 5) is 12.1. The number of halogens is 1. The summed E-state index contributed by atoms with van der Waals surface area (Å²) < 4.78 is 13.0.